The van der Waals surface area contributed by atoms with Gasteiger partial charge in [0.1, 0.15) is 5.03 Å². The quantitative estimate of drug-likeness (QED) is 0.676. The largest absolute Gasteiger partial charge is 0.465 e. The van der Waals surface area contributed by atoms with Crippen LogP contribution < -0.4 is 4.74 Å². The second-order valence-electron chi connectivity index (χ2n) is 3.77. The SMILES string of the molecule is COc1nnc2ncc(SCc3ccccc3)n2n1. The average molecular weight is 273 g/mol. The van der Waals surface area contributed by atoms with Gasteiger partial charge >= 0.3 is 6.01 Å². The first kappa shape index (κ1) is 11.9. The Morgan fingerprint density at radius 1 is 1.21 bits per heavy atom. The molecule has 0 atom stereocenters. The second kappa shape index (κ2) is 5.23. The van der Waals surface area contributed by atoms with Crippen molar-refractivity contribution >= 4 is 17.5 Å². The number of hydrogen-bond donors (Lipinski definition) is 0. The van der Waals surface area contributed by atoms with Gasteiger partial charge in [0.05, 0.1) is 13.3 Å². The maximum atomic E-state index is 4.97. The van der Waals surface area contributed by atoms with Crippen molar-refractivity contribution in [3.63, 3.8) is 0 Å². The van der Waals surface area contributed by atoms with Crippen LogP contribution in [0.15, 0.2) is 41.6 Å². The third kappa shape index (κ3) is 2.50. The molecular weight excluding hydrogens is 262 g/mol. The molecule has 0 aliphatic rings. The number of rotatable bonds is 4. The maximum absolute atomic E-state index is 4.97. The van der Waals surface area contributed by atoms with Crippen LogP contribution in [0.5, 0.6) is 6.01 Å². The van der Waals surface area contributed by atoms with Crippen LogP contribution in [0.3, 0.4) is 0 Å². The summed E-state index contributed by atoms with van der Waals surface area (Å²) in [5.74, 6) is 1.32. The van der Waals surface area contributed by atoms with E-state index in [2.05, 4.69) is 32.4 Å². The van der Waals surface area contributed by atoms with Crippen LogP contribution in [0, 0.1) is 0 Å². The zero-order valence-electron chi connectivity index (χ0n) is 10.2. The highest BCUT2D eigenvalue weighted by molar-refractivity contribution is 7.98. The average Bonchev–Trinajstić information content (AvgIpc) is 2.88. The smallest absolute Gasteiger partial charge is 0.353 e. The van der Waals surface area contributed by atoms with Crippen molar-refractivity contribution in [3.05, 3.63) is 42.1 Å². The van der Waals surface area contributed by atoms with E-state index in [-0.39, 0.29) is 6.01 Å². The van der Waals surface area contributed by atoms with Crippen molar-refractivity contribution in [1.82, 2.24) is 24.8 Å². The summed E-state index contributed by atoms with van der Waals surface area (Å²) in [7, 11) is 1.51. The molecule has 0 unspecified atom stereocenters. The highest BCUT2D eigenvalue weighted by Gasteiger charge is 2.08. The summed E-state index contributed by atoms with van der Waals surface area (Å²) in [6.45, 7) is 0. The molecule has 0 N–H and O–H groups in total. The van der Waals surface area contributed by atoms with E-state index in [1.165, 1.54) is 12.7 Å². The number of nitrogens with zero attached hydrogens (tertiary/aromatic N) is 5. The Kier molecular flexibility index (Phi) is 3.28. The number of benzene rings is 1. The second-order valence-corrected chi connectivity index (χ2v) is 4.76. The lowest BCUT2D eigenvalue weighted by molar-refractivity contribution is 0.362. The molecule has 19 heavy (non-hydrogen) atoms. The van der Waals surface area contributed by atoms with Crippen molar-refractivity contribution in [2.24, 2.45) is 0 Å². The fraction of sp³-hybridized carbons (Fsp3) is 0.167. The molecule has 7 heteroatoms. The van der Waals surface area contributed by atoms with Crippen molar-refractivity contribution in [2.45, 2.75) is 10.8 Å². The van der Waals surface area contributed by atoms with E-state index in [9.17, 15) is 0 Å². The summed E-state index contributed by atoms with van der Waals surface area (Å²) in [6, 6.07) is 10.5. The Balaban J connectivity index is 1.84. The standard InChI is InChI=1S/C12H11N5OS/c1-18-12-15-14-11-13-7-10(17(11)16-12)19-8-9-5-3-2-4-6-9/h2-7H,8H2,1H3. The predicted molar refractivity (Wildman–Crippen MR) is 71.1 cm³/mol. The predicted octanol–water partition coefficient (Wildman–Crippen LogP) is 1.82. The van der Waals surface area contributed by atoms with E-state index >= 15 is 0 Å². The molecule has 3 rings (SSSR count). The Morgan fingerprint density at radius 2 is 2.05 bits per heavy atom. The molecule has 3 aromatic rings. The molecular formula is C12H11N5OS. The molecule has 0 saturated heterocycles. The first-order chi connectivity index (χ1) is 9.36. The molecule has 0 aliphatic carbocycles. The van der Waals surface area contributed by atoms with Gasteiger partial charge in [0.2, 0.25) is 0 Å². The Hall–Kier alpha value is -2.15. The third-order valence-electron chi connectivity index (χ3n) is 2.51. The molecule has 96 valence electrons. The molecule has 0 spiro atoms. The minimum atomic E-state index is 0.229. The summed E-state index contributed by atoms with van der Waals surface area (Å²) >= 11 is 1.64. The van der Waals surface area contributed by atoms with Crippen molar-refractivity contribution in [2.75, 3.05) is 7.11 Å². The lowest BCUT2D eigenvalue weighted by Gasteiger charge is -2.01. The molecule has 0 amide bonds. The van der Waals surface area contributed by atoms with E-state index in [1.807, 2.05) is 18.2 Å². The third-order valence-corrected chi connectivity index (χ3v) is 3.56. The maximum Gasteiger partial charge on any atom is 0.353 e. The van der Waals surface area contributed by atoms with Crippen molar-refractivity contribution in [3.8, 4) is 6.01 Å². The van der Waals surface area contributed by atoms with Crippen LogP contribution in [0.2, 0.25) is 0 Å². The highest BCUT2D eigenvalue weighted by atomic mass is 32.2. The fourth-order valence-electron chi connectivity index (χ4n) is 1.59. The normalized spacial score (nSPS) is 10.8. The van der Waals surface area contributed by atoms with Gasteiger partial charge in [-0.3, -0.25) is 0 Å². The number of thioether (sulfide) groups is 1. The molecule has 6 nitrogen and oxygen atoms in total. The number of ether oxygens (including phenoxy) is 1. The molecule has 0 radical (unpaired) electrons. The number of fused-ring (bicyclic) bond motifs is 1. The molecule has 2 heterocycles. The van der Waals surface area contributed by atoms with E-state index in [1.54, 1.807) is 22.5 Å². The van der Waals surface area contributed by atoms with Crippen LogP contribution in [0.1, 0.15) is 5.56 Å². The molecule has 0 aliphatic heterocycles. The topological polar surface area (TPSA) is 65.2 Å². The monoisotopic (exact) mass is 273 g/mol. The fourth-order valence-corrected chi connectivity index (χ4v) is 2.47. The van der Waals surface area contributed by atoms with Gasteiger partial charge in [-0.25, -0.2) is 4.98 Å². The van der Waals surface area contributed by atoms with E-state index in [4.69, 9.17) is 4.74 Å². The molecule has 0 fully saturated rings. The molecule has 0 saturated carbocycles. The number of imidazole rings is 1. The van der Waals surface area contributed by atoms with Crippen molar-refractivity contribution < 1.29 is 4.74 Å². The Morgan fingerprint density at radius 3 is 2.84 bits per heavy atom. The van der Waals surface area contributed by atoms with Gasteiger partial charge in [-0.2, -0.15) is 4.52 Å². The van der Waals surface area contributed by atoms with Gasteiger partial charge in [0, 0.05) is 5.75 Å². The summed E-state index contributed by atoms with van der Waals surface area (Å²) < 4.78 is 6.61. The zero-order chi connectivity index (χ0) is 13.1. The molecule has 1 aromatic carbocycles. The zero-order valence-corrected chi connectivity index (χ0v) is 11.0. The van der Waals surface area contributed by atoms with Gasteiger partial charge in [0.15, 0.2) is 0 Å². The summed E-state index contributed by atoms with van der Waals surface area (Å²) in [5.41, 5.74) is 1.25. The number of hydrogen-bond acceptors (Lipinski definition) is 6. The lowest BCUT2D eigenvalue weighted by Crippen LogP contribution is -2.02. The Labute approximate surface area is 113 Å². The minimum absolute atomic E-state index is 0.229. The van der Waals surface area contributed by atoms with Gasteiger partial charge in [-0.1, -0.05) is 47.2 Å². The highest BCUT2D eigenvalue weighted by Crippen LogP contribution is 2.22. The summed E-state index contributed by atoms with van der Waals surface area (Å²) in [4.78, 5) is 4.16. The van der Waals surface area contributed by atoms with Crippen LogP contribution in [-0.2, 0) is 5.75 Å². The first-order valence-corrected chi connectivity index (χ1v) is 6.64. The Bertz CT molecular complexity index is 685. The van der Waals surface area contributed by atoms with Gasteiger partial charge in [-0.05, 0) is 5.56 Å². The van der Waals surface area contributed by atoms with Crippen LogP contribution in [-0.4, -0.2) is 31.9 Å². The first-order valence-electron chi connectivity index (χ1n) is 5.66. The van der Waals surface area contributed by atoms with E-state index in [0.29, 0.717) is 5.78 Å². The molecule has 0 bridgehead atoms. The van der Waals surface area contributed by atoms with Gasteiger partial charge in [-0.15, -0.1) is 10.2 Å². The summed E-state index contributed by atoms with van der Waals surface area (Å²) in [6.07, 6.45) is 1.74. The minimum Gasteiger partial charge on any atom is -0.465 e. The van der Waals surface area contributed by atoms with Crippen molar-refractivity contribution in [1.29, 1.82) is 0 Å². The van der Waals surface area contributed by atoms with Gasteiger partial charge < -0.3 is 4.74 Å². The number of aromatic nitrogens is 5. The lowest BCUT2D eigenvalue weighted by atomic mass is 10.2. The number of methoxy groups -OCH3 is 1. The van der Waals surface area contributed by atoms with E-state index < -0.39 is 0 Å². The molecule has 2 aromatic heterocycles. The van der Waals surface area contributed by atoms with Crippen LogP contribution >= 0.6 is 11.8 Å². The summed E-state index contributed by atoms with van der Waals surface area (Å²) in [5, 5.41) is 12.8. The van der Waals surface area contributed by atoms with E-state index in [0.717, 1.165) is 10.8 Å². The van der Waals surface area contributed by atoms with Crippen LogP contribution in [0.25, 0.3) is 5.78 Å². The van der Waals surface area contributed by atoms with Crippen LogP contribution in [0.4, 0.5) is 0 Å². The van der Waals surface area contributed by atoms with Gasteiger partial charge in [0.25, 0.3) is 5.78 Å².